The van der Waals surface area contributed by atoms with Gasteiger partial charge in [-0.2, -0.15) is 0 Å². The van der Waals surface area contributed by atoms with Crippen LogP contribution >= 0.6 is 12.4 Å². The number of hydrogen-bond acceptors (Lipinski definition) is 3. The van der Waals surface area contributed by atoms with Gasteiger partial charge < -0.3 is 10.6 Å². The van der Waals surface area contributed by atoms with Crippen LogP contribution in [0.25, 0.3) is 0 Å². The van der Waals surface area contributed by atoms with Crippen molar-refractivity contribution < 1.29 is 4.79 Å². The van der Waals surface area contributed by atoms with E-state index in [0.29, 0.717) is 12.6 Å². The fourth-order valence-electron chi connectivity index (χ4n) is 3.44. The number of carbonyl (C=O) groups is 1. The van der Waals surface area contributed by atoms with Gasteiger partial charge in [0, 0.05) is 18.3 Å². The number of rotatable bonds is 6. The van der Waals surface area contributed by atoms with Crippen LogP contribution in [0, 0.1) is 0 Å². The number of amides is 1. The third-order valence-corrected chi connectivity index (χ3v) is 4.81. The molecule has 1 heterocycles. The summed E-state index contributed by atoms with van der Waals surface area (Å²) in [5, 5.41) is 6.43. The minimum Gasteiger partial charge on any atom is -0.325 e. The van der Waals surface area contributed by atoms with Crippen molar-refractivity contribution in [2.75, 3.05) is 32.0 Å². The van der Waals surface area contributed by atoms with Gasteiger partial charge in [0.05, 0.1) is 6.54 Å². The maximum Gasteiger partial charge on any atom is 0.238 e. The second kappa shape index (κ2) is 10.3. The van der Waals surface area contributed by atoms with Crippen LogP contribution in [0.5, 0.6) is 0 Å². The van der Waals surface area contributed by atoms with Crippen LogP contribution < -0.4 is 10.6 Å². The maximum absolute atomic E-state index is 12.5. The van der Waals surface area contributed by atoms with Gasteiger partial charge in [0.2, 0.25) is 5.91 Å². The number of hydrogen-bond donors (Lipinski definition) is 2. The van der Waals surface area contributed by atoms with Gasteiger partial charge in [-0.1, -0.05) is 48.5 Å². The molecule has 0 radical (unpaired) electrons. The number of halogens is 1. The molecule has 0 aromatic heterocycles. The molecule has 0 spiro atoms. The maximum atomic E-state index is 12.5. The number of carbonyl (C=O) groups excluding carboxylic acids is 1. The molecular weight excluding hydrogens is 346 g/mol. The normalized spacial score (nSPS) is 17.3. The van der Waals surface area contributed by atoms with Crippen molar-refractivity contribution in [3.63, 3.8) is 0 Å². The molecule has 2 N–H and O–H groups in total. The highest BCUT2D eigenvalue weighted by Gasteiger charge is 2.20. The topological polar surface area (TPSA) is 44.4 Å². The fourth-order valence-corrected chi connectivity index (χ4v) is 3.44. The summed E-state index contributed by atoms with van der Waals surface area (Å²) in [6.45, 7) is 2.39. The Morgan fingerprint density at radius 2 is 1.85 bits per heavy atom. The minimum absolute atomic E-state index is 0. The monoisotopic (exact) mass is 373 g/mol. The highest BCUT2D eigenvalue weighted by molar-refractivity contribution is 5.93. The Morgan fingerprint density at radius 1 is 1.12 bits per heavy atom. The predicted octanol–water partition coefficient (Wildman–Crippen LogP) is 3.32. The van der Waals surface area contributed by atoms with E-state index in [9.17, 15) is 4.79 Å². The van der Waals surface area contributed by atoms with Crippen LogP contribution in [-0.4, -0.2) is 43.5 Å². The summed E-state index contributed by atoms with van der Waals surface area (Å²) in [7, 11) is 1.99. The molecule has 1 aliphatic heterocycles. The fraction of sp³-hybridized carbons (Fsp3) is 0.381. The van der Waals surface area contributed by atoms with Gasteiger partial charge in [-0.25, -0.2) is 0 Å². The van der Waals surface area contributed by atoms with Crippen LogP contribution in [-0.2, 0) is 11.2 Å². The molecule has 1 unspecified atom stereocenters. The lowest BCUT2D eigenvalue weighted by Gasteiger charge is -2.32. The number of anilines is 1. The minimum atomic E-state index is 0. The van der Waals surface area contributed by atoms with E-state index in [1.807, 2.05) is 43.4 Å². The molecule has 0 bridgehead atoms. The Morgan fingerprint density at radius 3 is 2.62 bits per heavy atom. The van der Waals surface area contributed by atoms with Gasteiger partial charge in [-0.05, 0) is 50.0 Å². The summed E-state index contributed by atoms with van der Waals surface area (Å²) in [6, 6.07) is 18.9. The molecule has 5 heteroatoms. The van der Waals surface area contributed by atoms with Gasteiger partial charge in [-0.3, -0.25) is 9.69 Å². The molecule has 0 saturated carbocycles. The SMILES string of the molecule is CNC1CCCN(CC(=O)Nc2ccccc2Cc2ccccc2)C1.Cl. The highest BCUT2D eigenvalue weighted by Crippen LogP contribution is 2.19. The molecule has 3 rings (SSSR count). The molecular formula is C21H28ClN3O. The lowest BCUT2D eigenvalue weighted by atomic mass is 10.0. The molecule has 0 aliphatic carbocycles. The Kier molecular flexibility index (Phi) is 8.10. The average molecular weight is 374 g/mol. The van der Waals surface area contributed by atoms with Crippen LogP contribution in [0.15, 0.2) is 54.6 Å². The van der Waals surface area contributed by atoms with Gasteiger partial charge in [0.1, 0.15) is 0 Å². The standard InChI is InChI=1S/C21H27N3O.ClH/c1-22-19-11-7-13-24(15-19)16-21(25)23-20-12-6-5-10-18(20)14-17-8-3-2-4-9-17;/h2-6,8-10,12,19,22H,7,11,13-16H2,1H3,(H,23,25);1H. The van der Waals surface area contributed by atoms with Crippen LogP contribution in [0.2, 0.25) is 0 Å². The van der Waals surface area contributed by atoms with Crippen molar-refractivity contribution >= 4 is 24.0 Å². The van der Waals surface area contributed by atoms with Gasteiger partial charge in [0.15, 0.2) is 0 Å². The van der Waals surface area contributed by atoms with E-state index < -0.39 is 0 Å². The Hall–Kier alpha value is -1.88. The van der Waals surface area contributed by atoms with Crippen molar-refractivity contribution in [3.05, 3.63) is 65.7 Å². The van der Waals surface area contributed by atoms with Crippen LogP contribution in [0.3, 0.4) is 0 Å². The number of likely N-dealkylation sites (tertiary alicyclic amines) is 1. The second-order valence-electron chi connectivity index (χ2n) is 6.73. The first-order chi connectivity index (χ1) is 12.2. The number of piperidine rings is 1. The van der Waals surface area contributed by atoms with E-state index in [0.717, 1.165) is 37.2 Å². The smallest absolute Gasteiger partial charge is 0.238 e. The van der Waals surface area contributed by atoms with Crippen LogP contribution in [0.4, 0.5) is 5.69 Å². The summed E-state index contributed by atoms with van der Waals surface area (Å²) >= 11 is 0. The summed E-state index contributed by atoms with van der Waals surface area (Å²) in [5.41, 5.74) is 3.31. The largest absolute Gasteiger partial charge is 0.325 e. The van der Waals surface area contributed by atoms with Crippen molar-refractivity contribution in [2.24, 2.45) is 0 Å². The number of benzene rings is 2. The molecule has 26 heavy (non-hydrogen) atoms. The quantitative estimate of drug-likeness (QED) is 0.816. The summed E-state index contributed by atoms with van der Waals surface area (Å²) in [6.07, 6.45) is 3.15. The highest BCUT2D eigenvalue weighted by atomic mass is 35.5. The van der Waals surface area contributed by atoms with E-state index in [1.54, 1.807) is 0 Å². The third-order valence-electron chi connectivity index (χ3n) is 4.81. The molecule has 4 nitrogen and oxygen atoms in total. The van der Waals surface area contributed by atoms with Crippen LogP contribution in [0.1, 0.15) is 24.0 Å². The molecule has 2 aromatic carbocycles. The number of nitrogens with one attached hydrogen (secondary N) is 2. The van der Waals surface area contributed by atoms with Gasteiger partial charge in [-0.15, -0.1) is 12.4 Å². The van der Waals surface area contributed by atoms with Crippen molar-refractivity contribution in [3.8, 4) is 0 Å². The third kappa shape index (κ3) is 5.84. The van der Waals surface area contributed by atoms with E-state index in [2.05, 4.69) is 33.7 Å². The molecule has 1 fully saturated rings. The van der Waals surface area contributed by atoms with E-state index in [4.69, 9.17) is 0 Å². The molecule has 1 amide bonds. The predicted molar refractivity (Wildman–Crippen MR) is 110 cm³/mol. The average Bonchev–Trinajstić information content (AvgIpc) is 2.64. The van der Waals surface area contributed by atoms with Crippen molar-refractivity contribution in [2.45, 2.75) is 25.3 Å². The summed E-state index contributed by atoms with van der Waals surface area (Å²) < 4.78 is 0. The second-order valence-corrected chi connectivity index (χ2v) is 6.73. The molecule has 1 aliphatic rings. The Bertz CT molecular complexity index is 693. The zero-order valence-corrected chi connectivity index (χ0v) is 16.1. The zero-order valence-electron chi connectivity index (χ0n) is 15.3. The zero-order chi connectivity index (χ0) is 17.5. The summed E-state index contributed by atoms with van der Waals surface area (Å²) in [5.74, 6) is 0.0669. The lowest BCUT2D eigenvalue weighted by Crippen LogP contribution is -2.46. The molecule has 1 atom stereocenters. The molecule has 1 saturated heterocycles. The number of likely N-dealkylation sites (N-methyl/N-ethyl adjacent to an activating group) is 1. The molecule has 140 valence electrons. The first-order valence-electron chi connectivity index (χ1n) is 9.06. The lowest BCUT2D eigenvalue weighted by molar-refractivity contribution is -0.117. The first-order valence-corrected chi connectivity index (χ1v) is 9.06. The summed E-state index contributed by atoms with van der Waals surface area (Å²) in [4.78, 5) is 14.7. The van der Waals surface area contributed by atoms with Gasteiger partial charge in [0.25, 0.3) is 0 Å². The van der Waals surface area contributed by atoms with E-state index in [1.165, 1.54) is 12.0 Å². The van der Waals surface area contributed by atoms with Crippen molar-refractivity contribution in [1.29, 1.82) is 0 Å². The number of nitrogens with zero attached hydrogens (tertiary/aromatic N) is 1. The van der Waals surface area contributed by atoms with Crippen molar-refractivity contribution in [1.82, 2.24) is 10.2 Å². The number of para-hydroxylation sites is 1. The Balaban J connectivity index is 0.00000243. The van der Waals surface area contributed by atoms with E-state index in [-0.39, 0.29) is 18.3 Å². The first kappa shape index (κ1) is 20.4. The van der Waals surface area contributed by atoms with Gasteiger partial charge >= 0.3 is 0 Å². The molecule has 2 aromatic rings. The Labute approximate surface area is 162 Å². The van der Waals surface area contributed by atoms with E-state index >= 15 is 0 Å².